The minimum Gasteiger partial charge on any atom is -0.374 e. The van der Waals surface area contributed by atoms with Crippen molar-refractivity contribution in [3.63, 3.8) is 0 Å². The molecular formula is C18H32N2. The van der Waals surface area contributed by atoms with Crippen molar-refractivity contribution in [1.82, 2.24) is 5.32 Å². The fourth-order valence-corrected chi connectivity index (χ4v) is 2.47. The summed E-state index contributed by atoms with van der Waals surface area (Å²) in [4.78, 5) is 2.38. The minimum absolute atomic E-state index is 0.246. The quantitative estimate of drug-likeness (QED) is 0.747. The molecule has 0 saturated carbocycles. The predicted octanol–water partition coefficient (Wildman–Crippen LogP) is 4.30. The van der Waals surface area contributed by atoms with Crippen LogP contribution >= 0.6 is 0 Å². The van der Waals surface area contributed by atoms with E-state index in [-0.39, 0.29) is 5.54 Å². The van der Waals surface area contributed by atoms with E-state index in [9.17, 15) is 0 Å². The van der Waals surface area contributed by atoms with Crippen molar-refractivity contribution in [2.75, 3.05) is 25.0 Å². The van der Waals surface area contributed by atoms with Gasteiger partial charge in [-0.05, 0) is 65.6 Å². The number of benzene rings is 1. The highest BCUT2D eigenvalue weighted by atomic mass is 15.1. The van der Waals surface area contributed by atoms with Gasteiger partial charge in [-0.15, -0.1) is 0 Å². The summed E-state index contributed by atoms with van der Waals surface area (Å²) in [6.07, 6.45) is 3.81. The molecule has 0 fully saturated rings. The van der Waals surface area contributed by atoms with Crippen LogP contribution in [0.25, 0.3) is 0 Å². The number of aryl methyl sites for hydroxylation is 2. The van der Waals surface area contributed by atoms with Crippen LogP contribution in [0.2, 0.25) is 0 Å². The summed E-state index contributed by atoms with van der Waals surface area (Å²) in [6.45, 7) is 13.3. The Morgan fingerprint density at radius 3 is 2.35 bits per heavy atom. The average Bonchev–Trinajstić information content (AvgIpc) is 2.32. The predicted molar refractivity (Wildman–Crippen MR) is 90.8 cm³/mol. The third-order valence-electron chi connectivity index (χ3n) is 3.59. The van der Waals surface area contributed by atoms with Gasteiger partial charge in [-0.3, -0.25) is 0 Å². The van der Waals surface area contributed by atoms with Gasteiger partial charge in [0.1, 0.15) is 0 Å². The van der Waals surface area contributed by atoms with Gasteiger partial charge in [0, 0.05) is 24.8 Å². The molecule has 0 aliphatic heterocycles. The molecule has 0 aliphatic rings. The molecule has 1 aromatic rings. The molecule has 0 amide bonds. The molecule has 1 aromatic carbocycles. The van der Waals surface area contributed by atoms with Crippen LogP contribution in [0.5, 0.6) is 0 Å². The van der Waals surface area contributed by atoms with Gasteiger partial charge in [0.2, 0.25) is 0 Å². The monoisotopic (exact) mass is 276 g/mol. The molecule has 2 heteroatoms. The summed E-state index contributed by atoms with van der Waals surface area (Å²) >= 11 is 0. The topological polar surface area (TPSA) is 15.3 Å². The number of rotatable bonds is 7. The highest BCUT2D eigenvalue weighted by Gasteiger charge is 2.07. The van der Waals surface area contributed by atoms with Crippen molar-refractivity contribution in [2.24, 2.45) is 0 Å². The first kappa shape index (κ1) is 17.0. The molecule has 20 heavy (non-hydrogen) atoms. The van der Waals surface area contributed by atoms with E-state index in [4.69, 9.17) is 0 Å². The standard InChI is InChI=1S/C18H32N2/c1-15-10-11-17(16(2)14-15)20(6)13-9-7-8-12-19-18(3,4)5/h10-11,14,19H,7-9,12-13H2,1-6H3. The van der Waals surface area contributed by atoms with Crippen LogP contribution in [0.15, 0.2) is 18.2 Å². The lowest BCUT2D eigenvalue weighted by molar-refractivity contribution is 0.417. The molecule has 0 radical (unpaired) electrons. The second kappa shape index (κ2) is 7.68. The highest BCUT2D eigenvalue weighted by molar-refractivity contribution is 5.53. The molecule has 114 valence electrons. The second-order valence-electron chi connectivity index (χ2n) is 6.95. The fraction of sp³-hybridized carbons (Fsp3) is 0.667. The van der Waals surface area contributed by atoms with E-state index in [1.54, 1.807) is 0 Å². The minimum atomic E-state index is 0.246. The Labute approximate surface area is 125 Å². The van der Waals surface area contributed by atoms with Crippen LogP contribution in [0, 0.1) is 13.8 Å². The van der Waals surface area contributed by atoms with Crippen LogP contribution in [-0.2, 0) is 0 Å². The number of nitrogens with zero attached hydrogens (tertiary/aromatic N) is 1. The highest BCUT2D eigenvalue weighted by Crippen LogP contribution is 2.20. The zero-order valence-corrected chi connectivity index (χ0v) is 14.2. The van der Waals surface area contributed by atoms with E-state index in [1.807, 2.05) is 0 Å². The lowest BCUT2D eigenvalue weighted by atomic mass is 10.1. The number of unbranched alkanes of at least 4 members (excludes halogenated alkanes) is 2. The molecule has 0 heterocycles. The van der Waals surface area contributed by atoms with E-state index < -0.39 is 0 Å². The van der Waals surface area contributed by atoms with E-state index in [0.717, 1.165) is 13.1 Å². The van der Waals surface area contributed by atoms with E-state index in [1.165, 1.54) is 36.1 Å². The largest absolute Gasteiger partial charge is 0.374 e. The number of hydrogen-bond acceptors (Lipinski definition) is 2. The molecule has 1 rings (SSSR count). The number of nitrogens with one attached hydrogen (secondary N) is 1. The number of anilines is 1. The van der Waals surface area contributed by atoms with E-state index >= 15 is 0 Å². The normalized spacial score (nSPS) is 11.7. The maximum absolute atomic E-state index is 3.54. The molecule has 0 unspecified atom stereocenters. The SMILES string of the molecule is Cc1ccc(N(C)CCCCCNC(C)(C)C)c(C)c1. The second-order valence-corrected chi connectivity index (χ2v) is 6.95. The molecule has 0 saturated heterocycles. The van der Waals surface area contributed by atoms with Crippen LogP contribution in [0.3, 0.4) is 0 Å². The molecule has 2 nitrogen and oxygen atoms in total. The zero-order valence-electron chi connectivity index (χ0n) is 14.2. The molecule has 0 bridgehead atoms. The van der Waals surface area contributed by atoms with E-state index in [0.29, 0.717) is 0 Å². The Morgan fingerprint density at radius 1 is 1.05 bits per heavy atom. The Morgan fingerprint density at radius 2 is 1.75 bits per heavy atom. The molecule has 0 aliphatic carbocycles. The maximum Gasteiger partial charge on any atom is 0.0393 e. The zero-order chi connectivity index (χ0) is 15.2. The summed E-state index contributed by atoms with van der Waals surface area (Å²) in [7, 11) is 2.20. The molecule has 0 atom stereocenters. The van der Waals surface area contributed by atoms with Crippen molar-refractivity contribution in [3.8, 4) is 0 Å². The fourth-order valence-electron chi connectivity index (χ4n) is 2.47. The average molecular weight is 276 g/mol. The summed E-state index contributed by atoms with van der Waals surface area (Å²) in [5.74, 6) is 0. The van der Waals surface area contributed by atoms with Gasteiger partial charge in [0.05, 0.1) is 0 Å². The van der Waals surface area contributed by atoms with Gasteiger partial charge in [-0.1, -0.05) is 24.1 Å². The first-order valence-corrected chi connectivity index (χ1v) is 7.83. The van der Waals surface area contributed by atoms with E-state index in [2.05, 4.69) is 70.1 Å². The van der Waals surface area contributed by atoms with Crippen LogP contribution in [-0.4, -0.2) is 25.7 Å². The van der Waals surface area contributed by atoms with Gasteiger partial charge in [0.25, 0.3) is 0 Å². The van der Waals surface area contributed by atoms with Crippen LogP contribution in [0.1, 0.15) is 51.2 Å². The summed E-state index contributed by atoms with van der Waals surface area (Å²) in [6, 6.07) is 6.71. The summed E-state index contributed by atoms with van der Waals surface area (Å²) in [5, 5.41) is 3.54. The summed E-state index contributed by atoms with van der Waals surface area (Å²) in [5.41, 5.74) is 4.33. The lowest BCUT2D eigenvalue weighted by Crippen LogP contribution is -2.36. The first-order valence-electron chi connectivity index (χ1n) is 7.83. The first-order chi connectivity index (χ1) is 9.29. The van der Waals surface area contributed by atoms with Crippen molar-refractivity contribution in [2.45, 2.75) is 59.4 Å². The Bertz CT molecular complexity index is 404. The Kier molecular flexibility index (Phi) is 6.54. The molecular weight excluding hydrogens is 244 g/mol. The van der Waals surface area contributed by atoms with Crippen molar-refractivity contribution < 1.29 is 0 Å². The van der Waals surface area contributed by atoms with Gasteiger partial charge < -0.3 is 10.2 Å². The third-order valence-corrected chi connectivity index (χ3v) is 3.59. The lowest BCUT2D eigenvalue weighted by Gasteiger charge is -2.22. The summed E-state index contributed by atoms with van der Waals surface area (Å²) < 4.78 is 0. The van der Waals surface area contributed by atoms with Gasteiger partial charge >= 0.3 is 0 Å². The van der Waals surface area contributed by atoms with Gasteiger partial charge in [0.15, 0.2) is 0 Å². The Balaban J connectivity index is 2.25. The van der Waals surface area contributed by atoms with Crippen molar-refractivity contribution in [3.05, 3.63) is 29.3 Å². The van der Waals surface area contributed by atoms with Crippen molar-refractivity contribution in [1.29, 1.82) is 0 Å². The van der Waals surface area contributed by atoms with Crippen LogP contribution < -0.4 is 10.2 Å². The van der Waals surface area contributed by atoms with Crippen molar-refractivity contribution >= 4 is 5.69 Å². The Hall–Kier alpha value is -1.02. The molecule has 0 aromatic heterocycles. The number of hydrogen-bond donors (Lipinski definition) is 1. The molecule has 1 N–H and O–H groups in total. The third kappa shape index (κ3) is 6.42. The van der Waals surface area contributed by atoms with Gasteiger partial charge in [-0.25, -0.2) is 0 Å². The van der Waals surface area contributed by atoms with Gasteiger partial charge in [-0.2, -0.15) is 0 Å². The maximum atomic E-state index is 3.54. The van der Waals surface area contributed by atoms with Crippen LogP contribution in [0.4, 0.5) is 5.69 Å². The smallest absolute Gasteiger partial charge is 0.0393 e. The molecule has 0 spiro atoms.